The zero-order valence-corrected chi connectivity index (χ0v) is 13.5. The standard InChI is InChI=1S/C18H25N3O/c1-18(2)13-16(20-19-15-6-4-3-5-7-15)12-17(14-18)21-8-10-22-11-9-21/h3-7,12,19H,8-11,13-14H2,1-2H3/b20-16-. The number of nitrogens with one attached hydrogen (secondary N) is 1. The van der Waals surface area contributed by atoms with Crippen molar-refractivity contribution in [3.63, 3.8) is 0 Å². The van der Waals surface area contributed by atoms with E-state index in [1.54, 1.807) is 0 Å². The average molecular weight is 299 g/mol. The molecule has 1 saturated heterocycles. The zero-order chi connectivity index (χ0) is 15.4. The van der Waals surface area contributed by atoms with Crippen LogP contribution in [0.2, 0.25) is 0 Å². The second-order valence-corrected chi connectivity index (χ2v) is 6.83. The fraction of sp³-hybridized carbons (Fsp3) is 0.500. The molecule has 1 aliphatic carbocycles. The van der Waals surface area contributed by atoms with Gasteiger partial charge in [-0.25, -0.2) is 0 Å². The van der Waals surface area contributed by atoms with E-state index in [2.05, 4.69) is 35.4 Å². The molecular formula is C18H25N3O. The van der Waals surface area contributed by atoms with Crippen LogP contribution >= 0.6 is 0 Å². The summed E-state index contributed by atoms with van der Waals surface area (Å²) in [5.41, 5.74) is 6.98. The largest absolute Gasteiger partial charge is 0.378 e. The van der Waals surface area contributed by atoms with E-state index >= 15 is 0 Å². The number of allylic oxidation sites excluding steroid dienone is 2. The van der Waals surface area contributed by atoms with Crippen LogP contribution in [-0.4, -0.2) is 36.9 Å². The highest BCUT2D eigenvalue weighted by Gasteiger charge is 2.29. The second kappa shape index (κ2) is 6.53. The van der Waals surface area contributed by atoms with Gasteiger partial charge in [0.05, 0.1) is 24.6 Å². The normalized spacial score (nSPS) is 23.3. The Kier molecular flexibility index (Phi) is 4.48. The van der Waals surface area contributed by atoms with E-state index in [-0.39, 0.29) is 5.41 Å². The number of hydrogen-bond acceptors (Lipinski definition) is 4. The van der Waals surface area contributed by atoms with Crippen LogP contribution in [0.25, 0.3) is 0 Å². The highest BCUT2D eigenvalue weighted by molar-refractivity contribution is 5.97. The molecule has 22 heavy (non-hydrogen) atoms. The maximum absolute atomic E-state index is 5.46. The lowest BCUT2D eigenvalue weighted by Crippen LogP contribution is -2.39. The Hall–Kier alpha value is -1.81. The molecule has 4 nitrogen and oxygen atoms in total. The molecule has 0 bridgehead atoms. The minimum atomic E-state index is 0.250. The SMILES string of the molecule is CC1(C)CC(N2CCOCC2)=C/C(=N/Nc2ccccc2)C1. The first-order chi connectivity index (χ1) is 10.6. The Morgan fingerprint density at radius 1 is 1.09 bits per heavy atom. The molecule has 1 heterocycles. The molecule has 1 aromatic carbocycles. The number of hydrazone groups is 1. The topological polar surface area (TPSA) is 36.9 Å². The second-order valence-electron chi connectivity index (χ2n) is 6.83. The lowest BCUT2D eigenvalue weighted by Gasteiger charge is -2.38. The van der Waals surface area contributed by atoms with Crippen LogP contribution in [0.4, 0.5) is 5.69 Å². The summed E-state index contributed by atoms with van der Waals surface area (Å²) in [6.45, 7) is 8.26. The van der Waals surface area contributed by atoms with E-state index in [0.717, 1.165) is 50.5 Å². The van der Waals surface area contributed by atoms with Crippen molar-refractivity contribution in [2.45, 2.75) is 26.7 Å². The highest BCUT2D eigenvalue weighted by atomic mass is 16.5. The molecule has 3 rings (SSSR count). The molecule has 2 aliphatic rings. The summed E-state index contributed by atoms with van der Waals surface area (Å²) in [7, 11) is 0. The third kappa shape index (κ3) is 3.89. The third-order valence-electron chi connectivity index (χ3n) is 4.17. The number of morpholine rings is 1. The Morgan fingerprint density at radius 2 is 1.82 bits per heavy atom. The van der Waals surface area contributed by atoms with Gasteiger partial charge in [0.1, 0.15) is 0 Å². The molecule has 0 amide bonds. The van der Waals surface area contributed by atoms with Crippen LogP contribution in [-0.2, 0) is 4.74 Å². The minimum Gasteiger partial charge on any atom is -0.378 e. The molecule has 0 spiro atoms. The zero-order valence-electron chi connectivity index (χ0n) is 13.5. The number of rotatable bonds is 3. The summed E-state index contributed by atoms with van der Waals surface area (Å²) in [6.07, 6.45) is 4.37. The van der Waals surface area contributed by atoms with Crippen LogP contribution < -0.4 is 5.43 Å². The predicted octanol–water partition coefficient (Wildman–Crippen LogP) is 3.49. The van der Waals surface area contributed by atoms with Gasteiger partial charge in [-0.05, 0) is 36.5 Å². The van der Waals surface area contributed by atoms with Gasteiger partial charge in [-0.3, -0.25) is 5.43 Å². The Labute approximate surface area is 132 Å². The van der Waals surface area contributed by atoms with Gasteiger partial charge in [-0.2, -0.15) is 5.10 Å². The van der Waals surface area contributed by atoms with Gasteiger partial charge in [-0.15, -0.1) is 0 Å². The molecular weight excluding hydrogens is 274 g/mol. The van der Waals surface area contributed by atoms with Crippen LogP contribution in [0, 0.1) is 5.41 Å². The van der Waals surface area contributed by atoms with Gasteiger partial charge in [0.25, 0.3) is 0 Å². The van der Waals surface area contributed by atoms with Crippen molar-refractivity contribution in [1.82, 2.24) is 4.90 Å². The maximum Gasteiger partial charge on any atom is 0.0642 e. The quantitative estimate of drug-likeness (QED) is 0.868. The van der Waals surface area contributed by atoms with Crippen molar-refractivity contribution < 1.29 is 4.74 Å². The number of ether oxygens (including phenoxy) is 1. The van der Waals surface area contributed by atoms with Gasteiger partial charge in [-0.1, -0.05) is 32.0 Å². The number of hydrogen-bond donors (Lipinski definition) is 1. The van der Waals surface area contributed by atoms with E-state index in [1.165, 1.54) is 5.70 Å². The lowest BCUT2D eigenvalue weighted by atomic mass is 9.78. The highest BCUT2D eigenvalue weighted by Crippen LogP contribution is 2.35. The molecule has 0 atom stereocenters. The summed E-state index contributed by atoms with van der Waals surface area (Å²) in [5.74, 6) is 0. The molecule has 118 valence electrons. The molecule has 1 fully saturated rings. The van der Waals surface area contributed by atoms with Crippen molar-refractivity contribution in [2.24, 2.45) is 10.5 Å². The summed E-state index contributed by atoms with van der Waals surface area (Å²) in [6, 6.07) is 10.1. The number of nitrogens with zero attached hydrogens (tertiary/aromatic N) is 2. The summed E-state index contributed by atoms with van der Waals surface area (Å²) < 4.78 is 5.46. The van der Waals surface area contributed by atoms with Crippen molar-refractivity contribution in [3.05, 3.63) is 42.1 Å². The average Bonchev–Trinajstić information content (AvgIpc) is 2.53. The Balaban J connectivity index is 1.76. The van der Waals surface area contributed by atoms with Crippen LogP contribution in [0.3, 0.4) is 0 Å². The molecule has 1 aromatic rings. The van der Waals surface area contributed by atoms with E-state index in [9.17, 15) is 0 Å². The minimum absolute atomic E-state index is 0.250. The molecule has 1 N–H and O–H groups in total. The molecule has 0 unspecified atom stereocenters. The van der Waals surface area contributed by atoms with Crippen LogP contribution in [0.5, 0.6) is 0 Å². The van der Waals surface area contributed by atoms with Gasteiger partial charge in [0.2, 0.25) is 0 Å². The Morgan fingerprint density at radius 3 is 2.55 bits per heavy atom. The number of anilines is 1. The van der Waals surface area contributed by atoms with Crippen molar-refractivity contribution in [1.29, 1.82) is 0 Å². The summed E-state index contributed by atoms with van der Waals surface area (Å²) >= 11 is 0. The third-order valence-corrected chi connectivity index (χ3v) is 4.17. The molecule has 1 aliphatic heterocycles. The van der Waals surface area contributed by atoms with E-state index in [4.69, 9.17) is 4.74 Å². The molecule has 4 heteroatoms. The van der Waals surface area contributed by atoms with Gasteiger partial charge in [0.15, 0.2) is 0 Å². The predicted molar refractivity (Wildman–Crippen MR) is 91.0 cm³/mol. The van der Waals surface area contributed by atoms with Gasteiger partial charge >= 0.3 is 0 Å². The van der Waals surface area contributed by atoms with Gasteiger partial charge in [0, 0.05) is 18.8 Å². The summed E-state index contributed by atoms with van der Waals surface area (Å²) in [4.78, 5) is 2.45. The van der Waals surface area contributed by atoms with Crippen LogP contribution in [0.1, 0.15) is 26.7 Å². The first-order valence-corrected chi connectivity index (χ1v) is 8.03. The van der Waals surface area contributed by atoms with Crippen molar-refractivity contribution >= 4 is 11.4 Å². The number of benzene rings is 1. The van der Waals surface area contributed by atoms with Crippen molar-refractivity contribution in [3.8, 4) is 0 Å². The van der Waals surface area contributed by atoms with E-state index in [1.807, 2.05) is 30.3 Å². The van der Waals surface area contributed by atoms with Crippen molar-refractivity contribution in [2.75, 3.05) is 31.7 Å². The fourth-order valence-corrected chi connectivity index (χ4v) is 3.11. The van der Waals surface area contributed by atoms with Crippen LogP contribution in [0.15, 0.2) is 47.2 Å². The molecule has 0 radical (unpaired) electrons. The van der Waals surface area contributed by atoms with E-state index in [0.29, 0.717) is 0 Å². The van der Waals surface area contributed by atoms with E-state index < -0.39 is 0 Å². The lowest BCUT2D eigenvalue weighted by molar-refractivity contribution is 0.0491. The smallest absolute Gasteiger partial charge is 0.0642 e. The first kappa shape index (κ1) is 15.1. The molecule has 0 aromatic heterocycles. The van der Waals surface area contributed by atoms with Gasteiger partial charge < -0.3 is 9.64 Å². The first-order valence-electron chi connectivity index (χ1n) is 8.03. The number of para-hydroxylation sites is 1. The molecule has 0 saturated carbocycles. The monoisotopic (exact) mass is 299 g/mol. The fourth-order valence-electron chi connectivity index (χ4n) is 3.11. The summed E-state index contributed by atoms with van der Waals surface area (Å²) in [5, 5.41) is 4.63. The Bertz CT molecular complexity index is 557. The maximum atomic E-state index is 5.46.